The first-order valence-electron chi connectivity index (χ1n) is 9.54. The molecule has 0 spiro atoms. The zero-order valence-corrected chi connectivity index (χ0v) is 16.4. The van der Waals surface area contributed by atoms with Crippen LogP contribution in [0.5, 0.6) is 0 Å². The highest BCUT2D eigenvalue weighted by Crippen LogP contribution is 2.33. The Morgan fingerprint density at radius 2 is 1.88 bits per heavy atom. The summed E-state index contributed by atoms with van der Waals surface area (Å²) >= 11 is 5.59. The van der Waals surface area contributed by atoms with Crippen molar-refractivity contribution in [1.29, 1.82) is 0 Å². The van der Waals surface area contributed by atoms with E-state index in [4.69, 9.17) is 17.0 Å². The predicted octanol–water partition coefficient (Wildman–Crippen LogP) is 3.62. The minimum Gasteiger partial charge on any atom is -0.379 e. The zero-order valence-electron chi connectivity index (χ0n) is 15.6. The molecule has 3 rings (SSSR count). The second-order valence-electron chi connectivity index (χ2n) is 7.51. The van der Waals surface area contributed by atoms with Crippen LogP contribution in [0.25, 0.3) is 0 Å². The van der Waals surface area contributed by atoms with Crippen LogP contribution >= 0.6 is 12.2 Å². The fraction of sp³-hybridized carbons (Fsp3) is 0.650. The summed E-state index contributed by atoms with van der Waals surface area (Å²) in [6, 6.07) is 6.42. The fourth-order valence-electron chi connectivity index (χ4n) is 4.13. The molecule has 1 aliphatic heterocycles. The number of benzene rings is 1. The monoisotopic (exact) mass is 361 g/mol. The van der Waals surface area contributed by atoms with E-state index >= 15 is 0 Å². The van der Waals surface area contributed by atoms with E-state index in [1.165, 1.54) is 43.2 Å². The van der Waals surface area contributed by atoms with Crippen LogP contribution in [-0.4, -0.2) is 48.4 Å². The molecule has 1 saturated heterocycles. The number of hydrogen-bond acceptors (Lipinski definition) is 3. The van der Waals surface area contributed by atoms with Crippen LogP contribution in [-0.2, 0) is 4.74 Å². The Balaban J connectivity index is 1.62. The molecule has 25 heavy (non-hydrogen) atoms. The van der Waals surface area contributed by atoms with Crippen molar-refractivity contribution in [3.05, 3.63) is 29.3 Å². The van der Waals surface area contributed by atoms with Gasteiger partial charge in [-0.3, -0.25) is 4.90 Å². The van der Waals surface area contributed by atoms with Gasteiger partial charge >= 0.3 is 0 Å². The third-order valence-corrected chi connectivity index (χ3v) is 5.93. The maximum Gasteiger partial charge on any atom is 0.170 e. The van der Waals surface area contributed by atoms with Crippen molar-refractivity contribution in [3.8, 4) is 0 Å². The molecule has 0 aromatic heterocycles. The van der Waals surface area contributed by atoms with Crippen LogP contribution in [0.2, 0.25) is 0 Å². The quantitative estimate of drug-likeness (QED) is 0.801. The van der Waals surface area contributed by atoms with Crippen LogP contribution in [0.15, 0.2) is 18.2 Å². The Kier molecular flexibility index (Phi) is 6.31. The van der Waals surface area contributed by atoms with Crippen LogP contribution in [0.1, 0.15) is 43.2 Å². The highest BCUT2D eigenvalue weighted by Gasteiger charge is 2.38. The third kappa shape index (κ3) is 4.72. The van der Waals surface area contributed by atoms with Crippen molar-refractivity contribution >= 4 is 23.0 Å². The molecule has 0 radical (unpaired) electrons. The Morgan fingerprint density at radius 3 is 2.60 bits per heavy atom. The van der Waals surface area contributed by atoms with Gasteiger partial charge < -0.3 is 15.4 Å². The van der Waals surface area contributed by atoms with Crippen molar-refractivity contribution in [2.75, 3.05) is 38.2 Å². The van der Waals surface area contributed by atoms with Gasteiger partial charge in [0.25, 0.3) is 0 Å². The van der Waals surface area contributed by atoms with Gasteiger partial charge in [0.05, 0.1) is 13.2 Å². The Morgan fingerprint density at radius 1 is 1.16 bits per heavy atom. The Labute approximate surface area is 157 Å². The first-order chi connectivity index (χ1) is 12.1. The van der Waals surface area contributed by atoms with Gasteiger partial charge in [0.15, 0.2) is 5.11 Å². The summed E-state index contributed by atoms with van der Waals surface area (Å²) in [5.41, 5.74) is 3.79. The predicted molar refractivity (Wildman–Crippen MR) is 108 cm³/mol. The number of morpholine rings is 1. The molecular weight excluding hydrogens is 330 g/mol. The van der Waals surface area contributed by atoms with Crippen LogP contribution in [0.4, 0.5) is 5.69 Å². The number of rotatable bonds is 4. The number of nitrogens with zero attached hydrogens (tertiary/aromatic N) is 1. The summed E-state index contributed by atoms with van der Waals surface area (Å²) in [5, 5.41) is 7.64. The Hall–Kier alpha value is -1.17. The molecule has 0 atom stereocenters. The molecule has 2 aliphatic rings. The summed E-state index contributed by atoms with van der Waals surface area (Å²) < 4.78 is 5.56. The second-order valence-corrected chi connectivity index (χ2v) is 7.92. The van der Waals surface area contributed by atoms with E-state index in [2.05, 4.69) is 47.6 Å². The van der Waals surface area contributed by atoms with Gasteiger partial charge in [-0.05, 0) is 56.1 Å². The van der Waals surface area contributed by atoms with E-state index in [0.717, 1.165) is 43.6 Å². The average molecular weight is 362 g/mol. The molecule has 1 saturated carbocycles. The maximum atomic E-state index is 5.59. The van der Waals surface area contributed by atoms with Crippen molar-refractivity contribution < 1.29 is 4.74 Å². The molecule has 138 valence electrons. The van der Waals surface area contributed by atoms with Crippen molar-refractivity contribution in [1.82, 2.24) is 10.2 Å². The van der Waals surface area contributed by atoms with E-state index in [1.807, 2.05) is 0 Å². The normalized spacial score (nSPS) is 20.9. The van der Waals surface area contributed by atoms with Crippen molar-refractivity contribution in [2.24, 2.45) is 0 Å². The van der Waals surface area contributed by atoms with Crippen LogP contribution in [0, 0.1) is 13.8 Å². The van der Waals surface area contributed by atoms with Gasteiger partial charge in [0, 0.05) is 30.9 Å². The SMILES string of the molecule is Cc1ccc(C)c(NC(=S)NCC2(N3CCOCC3)CCCCC2)c1. The molecule has 2 fully saturated rings. The summed E-state index contributed by atoms with van der Waals surface area (Å²) in [7, 11) is 0. The summed E-state index contributed by atoms with van der Waals surface area (Å²) in [5.74, 6) is 0. The zero-order chi connectivity index (χ0) is 17.7. The lowest BCUT2D eigenvalue weighted by Gasteiger charge is -2.48. The highest BCUT2D eigenvalue weighted by atomic mass is 32.1. The molecule has 1 heterocycles. The molecule has 0 bridgehead atoms. The van der Waals surface area contributed by atoms with Gasteiger partial charge in [0.1, 0.15) is 0 Å². The summed E-state index contributed by atoms with van der Waals surface area (Å²) in [4.78, 5) is 2.64. The lowest BCUT2D eigenvalue weighted by molar-refractivity contribution is -0.0351. The smallest absolute Gasteiger partial charge is 0.170 e. The second kappa shape index (κ2) is 8.47. The molecule has 2 N–H and O–H groups in total. The standard InChI is InChI=1S/C20H31N3OS/c1-16-6-7-17(2)18(14-16)22-19(25)21-15-20(8-4-3-5-9-20)23-10-12-24-13-11-23/h6-7,14H,3-5,8-13,15H2,1-2H3,(H2,21,22,25). The topological polar surface area (TPSA) is 36.5 Å². The first-order valence-corrected chi connectivity index (χ1v) is 9.95. The van der Waals surface area contributed by atoms with Crippen LogP contribution < -0.4 is 10.6 Å². The van der Waals surface area contributed by atoms with Crippen LogP contribution in [0.3, 0.4) is 0 Å². The molecular formula is C20H31N3OS. The minimum atomic E-state index is 0.232. The molecule has 4 nitrogen and oxygen atoms in total. The fourth-order valence-corrected chi connectivity index (χ4v) is 4.32. The number of ether oxygens (including phenoxy) is 1. The lowest BCUT2D eigenvalue weighted by atomic mass is 9.80. The van der Waals surface area contributed by atoms with Gasteiger partial charge in [-0.25, -0.2) is 0 Å². The highest BCUT2D eigenvalue weighted by molar-refractivity contribution is 7.80. The molecule has 0 unspecified atom stereocenters. The van der Waals surface area contributed by atoms with E-state index in [1.54, 1.807) is 0 Å². The number of anilines is 1. The molecule has 1 aromatic carbocycles. The van der Waals surface area contributed by atoms with Gasteiger partial charge in [0.2, 0.25) is 0 Å². The molecule has 0 amide bonds. The molecule has 1 aromatic rings. The lowest BCUT2D eigenvalue weighted by Crippen LogP contribution is -2.60. The van der Waals surface area contributed by atoms with Crippen molar-refractivity contribution in [3.63, 3.8) is 0 Å². The van der Waals surface area contributed by atoms with Crippen molar-refractivity contribution in [2.45, 2.75) is 51.5 Å². The summed E-state index contributed by atoms with van der Waals surface area (Å²) in [6.45, 7) is 8.93. The largest absolute Gasteiger partial charge is 0.379 e. The first kappa shape index (κ1) is 18.6. The number of aryl methyl sites for hydroxylation is 2. The van der Waals surface area contributed by atoms with E-state index in [9.17, 15) is 0 Å². The van der Waals surface area contributed by atoms with E-state index in [0.29, 0.717) is 0 Å². The number of hydrogen-bond donors (Lipinski definition) is 2. The molecule has 1 aliphatic carbocycles. The van der Waals surface area contributed by atoms with E-state index < -0.39 is 0 Å². The van der Waals surface area contributed by atoms with E-state index in [-0.39, 0.29) is 5.54 Å². The van der Waals surface area contributed by atoms with Gasteiger partial charge in [-0.2, -0.15) is 0 Å². The van der Waals surface area contributed by atoms with Gasteiger partial charge in [-0.15, -0.1) is 0 Å². The third-order valence-electron chi connectivity index (χ3n) is 5.69. The number of thiocarbonyl (C=S) groups is 1. The van der Waals surface area contributed by atoms with Gasteiger partial charge in [-0.1, -0.05) is 31.4 Å². The average Bonchev–Trinajstić information content (AvgIpc) is 2.65. The summed E-state index contributed by atoms with van der Waals surface area (Å²) in [6.07, 6.45) is 6.50. The maximum absolute atomic E-state index is 5.59. The minimum absolute atomic E-state index is 0.232. The molecule has 5 heteroatoms. The number of nitrogens with one attached hydrogen (secondary N) is 2. The Bertz CT molecular complexity index is 593.